The van der Waals surface area contributed by atoms with Crippen LogP contribution in [0.2, 0.25) is 0 Å². The minimum atomic E-state index is -4.50. The number of aromatic nitrogens is 1. The van der Waals surface area contributed by atoms with Crippen molar-refractivity contribution in [3.8, 4) is 0 Å². The van der Waals surface area contributed by atoms with Crippen molar-refractivity contribution in [3.63, 3.8) is 0 Å². The molecular weight excluding hydrogens is 397 g/mol. The lowest BCUT2D eigenvalue weighted by molar-refractivity contribution is -0.137. The Balaban J connectivity index is 1.61. The number of nitrogens with zero attached hydrogens (tertiary/aromatic N) is 3. The van der Waals surface area contributed by atoms with Crippen molar-refractivity contribution in [2.45, 2.75) is 25.6 Å². The SMILES string of the molecule is CC(C)(CO)N1CCN(c2ccc(NC(=O)c3cccc(C(F)(F)F)c3)cn2)CC1. The maximum Gasteiger partial charge on any atom is 0.416 e. The molecule has 30 heavy (non-hydrogen) atoms. The molecule has 0 radical (unpaired) electrons. The Bertz CT molecular complexity index is 877. The Morgan fingerprint density at radius 3 is 2.40 bits per heavy atom. The topological polar surface area (TPSA) is 68.7 Å². The van der Waals surface area contributed by atoms with Crippen molar-refractivity contribution in [1.82, 2.24) is 9.88 Å². The van der Waals surface area contributed by atoms with E-state index < -0.39 is 17.6 Å². The van der Waals surface area contributed by atoms with Crippen LogP contribution in [0.3, 0.4) is 0 Å². The first-order valence-corrected chi connectivity index (χ1v) is 9.66. The van der Waals surface area contributed by atoms with E-state index in [9.17, 15) is 23.1 Å². The van der Waals surface area contributed by atoms with Crippen LogP contribution in [-0.2, 0) is 6.18 Å². The number of aliphatic hydroxyl groups is 1. The van der Waals surface area contributed by atoms with E-state index in [1.165, 1.54) is 18.3 Å². The normalized spacial score (nSPS) is 15.9. The third-order valence-electron chi connectivity index (χ3n) is 5.30. The summed E-state index contributed by atoms with van der Waals surface area (Å²) in [5, 5.41) is 12.1. The van der Waals surface area contributed by atoms with Crippen LogP contribution in [0.15, 0.2) is 42.6 Å². The summed E-state index contributed by atoms with van der Waals surface area (Å²) < 4.78 is 38.5. The van der Waals surface area contributed by atoms with E-state index in [-0.39, 0.29) is 17.7 Å². The highest BCUT2D eigenvalue weighted by Gasteiger charge is 2.31. The molecular formula is C21H25F3N4O2. The summed E-state index contributed by atoms with van der Waals surface area (Å²) in [6.45, 7) is 7.20. The summed E-state index contributed by atoms with van der Waals surface area (Å²) in [6.07, 6.45) is -3.01. The van der Waals surface area contributed by atoms with Crippen LogP contribution < -0.4 is 10.2 Å². The molecule has 1 fully saturated rings. The zero-order valence-electron chi connectivity index (χ0n) is 16.9. The molecule has 0 bridgehead atoms. The van der Waals surface area contributed by atoms with E-state index in [4.69, 9.17) is 0 Å². The zero-order chi connectivity index (χ0) is 21.9. The number of carbonyl (C=O) groups is 1. The number of anilines is 2. The van der Waals surface area contributed by atoms with E-state index >= 15 is 0 Å². The van der Waals surface area contributed by atoms with Crippen LogP contribution in [0.5, 0.6) is 0 Å². The number of nitrogens with one attached hydrogen (secondary N) is 1. The smallest absolute Gasteiger partial charge is 0.394 e. The van der Waals surface area contributed by atoms with Gasteiger partial charge in [0.25, 0.3) is 5.91 Å². The average molecular weight is 422 g/mol. The van der Waals surface area contributed by atoms with Gasteiger partial charge in [-0.3, -0.25) is 9.69 Å². The highest BCUT2D eigenvalue weighted by molar-refractivity contribution is 6.04. The summed E-state index contributed by atoms with van der Waals surface area (Å²) >= 11 is 0. The van der Waals surface area contributed by atoms with Crippen LogP contribution in [0.1, 0.15) is 29.8 Å². The number of carbonyl (C=O) groups excluding carboxylic acids is 1. The molecule has 0 atom stereocenters. The number of pyridine rings is 1. The molecule has 6 nitrogen and oxygen atoms in total. The van der Waals surface area contributed by atoms with Crippen LogP contribution in [0, 0.1) is 0 Å². The number of hydrogen-bond donors (Lipinski definition) is 2. The lowest BCUT2D eigenvalue weighted by Gasteiger charge is -2.43. The molecule has 9 heteroatoms. The van der Waals surface area contributed by atoms with E-state index in [0.29, 0.717) is 5.69 Å². The molecule has 0 aliphatic carbocycles. The number of amides is 1. The van der Waals surface area contributed by atoms with Gasteiger partial charge in [0, 0.05) is 37.3 Å². The Hall–Kier alpha value is -2.65. The Morgan fingerprint density at radius 1 is 1.13 bits per heavy atom. The Labute approximate surface area is 173 Å². The van der Waals surface area contributed by atoms with Crippen LogP contribution in [0.4, 0.5) is 24.7 Å². The summed E-state index contributed by atoms with van der Waals surface area (Å²) in [6, 6.07) is 7.74. The summed E-state index contributed by atoms with van der Waals surface area (Å²) in [7, 11) is 0. The number of benzene rings is 1. The second-order valence-electron chi connectivity index (χ2n) is 7.88. The van der Waals surface area contributed by atoms with Crippen molar-refractivity contribution >= 4 is 17.4 Å². The minimum Gasteiger partial charge on any atom is -0.394 e. The fourth-order valence-corrected chi connectivity index (χ4v) is 3.33. The number of halogens is 3. The first-order valence-electron chi connectivity index (χ1n) is 9.66. The van der Waals surface area contributed by atoms with Crippen LogP contribution >= 0.6 is 0 Å². The van der Waals surface area contributed by atoms with Gasteiger partial charge in [-0.25, -0.2) is 4.98 Å². The monoisotopic (exact) mass is 422 g/mol. The van der Waals surface area contributed by atoms with Gasteiger partial charge in [0.1, 0.15) is 5.82 Å². The average Bonchev–Trinajstić information content (AvgIpc) is 2.74. The highest BCUT2D eigenvalue weighted by atomic mass is 19.4. The van der Waals surface area contributed by atoms with Gasteiger partial charge in [0.15, 0.2) is 0 Å². The molecule has 3 rings (SSSR count). The first-order chi connectivity index (χ1) is 14.1. The lowest BCUT2D eigenvalue weighted by Crippen LogP contribution is -2.56. The minimum absolute atomic E-state index is 0.0727. The van der Waals surface area contributed by atoms with Crippen LogP contribution in [-0.4, -0.2) is 59.2 Å². The van der Waals surface area contributed by atoms with Crippen molar-refractivity contribution in [3.05, 3.63) is 53.7 Å². The fraction of sp³-hybridized carbons (Fsp3) is 0.429. The zero-order valence-corrected chi connectivity index (χ0v) is 16.9. The van der Waals surface area contributed by atoms with Crippen molar-refractivity contribution in [2.24, 2.45) is 0 Å². The van der Waals surface area contributed by atoms with Gasteiger partial charge in [0.2, 0.25) is 0 Å². The van der Waals surface area contributed by atoms with E-state index in [1.807, 2.05) is 13.8 Å². The number of piperazine rings is 1. The summed E-state index contributed by atoms with van der Waals surface area (Å²) in [5.74, 6) is 0.129. The standard InChI is InChI=1S/C21H25F3N4O2/c1-20(2,14-29)28-10-8-27(9-11-28)18-7-6-17(13-25-18)26-19(30)15-4-3-5-16(12-15)21(22,23)24/h3-7,12-13,29H,8-11,14H2,1-2H3,(H,26,30). The van der Waals surface area contributed by atoms with E-state index in [0.717, 1.165) is 44.1 Å². The molecule has 1 saturated heterocycles. The van der Waals surface area contributed by atoms with Gasteiger partial charge in [-0.05, 0) is 44.2 Å². The Morgan fingerprint density at radius 2 is 1.83 bits per heavy atom. The Kier molecular flexibility index (Phi) is 6.33. The van der Waals surface area contributed by atoms with Gasteiger partial charge >= 0.3 is 6.18 Å². The molecule has 2 N–H and O–H groups in total. The molecule has 2 heterocycles. The number of rotatable bonds is 5. The molecule has 2 aromatic rings. The van der Waals surface area contributed by atoms with E-state index in [2.05, 4.69) is 20.1 Å². The number of alkyl halides is 3. The van der Waals surface area contributed by atoms with Crippen molar-refractivity contribution < 1.29 is 23.1 Å². The molecule has 1 aromatic carbocycles. The fourth-order valence-electron chi connectivity index (χ4n) is 3.33. The summed E-state index contributed by atoms with van der Waals surface area (Å²) in [4.78, 5) is 21.0. The molecule has 1 aromatic heterocycles. The molecule has 0 spiro atoms. The van der Waals surface area contributed by atoms with Gasteiger partial charge < -0.3 is 15.3 Å². The largest absolute Gasteiger partial charge is 0.416 e. The number of hydrogen-bond acceptors (Lipinski definition) is 5. The van der Waals surface area contributed by atoms with E-state index in [1.54, 1.807) is 12.1 Å². The van der Waals surface area contributed by atoms with Gasteiger partial charge in [-0.1, -0.05) is 6.07 Å². The van der Waals surface area contributed by atoms with Gasteiger partial charge in [-0.15, -0.1) is 0 Å². The van der Waals surface area contributed by atoms with Gasteiger partial charge in [-0.2, -0.15) is 13.2 Å². The summed E-state index contributed by atoms with van der Waals surface area (Å²) in [5.41, 5.74) is -0.804. The second kappa shape index (κ2) is 8.61. The lowest BCUT2D eigenvalue weighted by atomic mass is 10.0. The maximum absolute atomic E-state index is 12.8. The van der Waals surface area contributed by atoms with Crippen molar-refractivity contribution in [2.75, 3.05) is 43.0 Å². The predicted molar refractivity (Wildman–Crippen MR) is 109 cm³/mol. The molecule has 1 amide bonds. The number of aliphatic hydroxyl groups excluding tert-OH is 1. The van der Waals surface area contributed by atoms with Gasteiger partial charge in [0.05, 0.1) is 24.1 Å². The predicted octanol–water partition coefficient (Wildman–Crippen LogP) is 3.25. The third kappa shape index (κ3) is 5.09. The van der Waals surface area contributed by atoms with Crippen molar-refractivity contribution in [1.29, 1.82) is 0 Å². The third-order valence-corrected chi connectivity index (χ3v) is 5.30. The second-order valence-corrected chi connectivity index (χ2v) is 7.88. The molecule has 162 valence electrons. The molecule has 1 aliphatic rings. The molecule has 0 unspecified atom stereocenters. The molecule has 1 aliphatic heterocycles. The maximum atomic E-state index is 12.8. The highest BCUT2D eigenvalue weighted by Crippen LogP contribution is 2.29. The molecule has 0 saturated carbocycles. The first kappa shape index (κ1) is 22.0. The van der Waals surface area contributed by atoms with Crippen LogP contribution in [0.25, 0.3) is 0 Å². The quantitative estimate of drug-likeness (QED) is 0.774.